The maximum Gasteiger partial charge on any atom is 0.338 e. The summed E-state index contributed by atoms with van der Waals surface area (Å²) in [5, 5.41) is 4.34. The molecule has 194 valence electrons. The smallest absolute Gasteiger partial charge is 0.338 e. The first-order valence-electron chi connectivity index (χ1n) is 12.4. The van der Waals surface area contributed by atoms with Gasteiger partial charge in [0.05, 0.1) is 44.3 Å². The fourth-order valence-electron chi connectivity index (χ4n) is 3.93. The molecule has 10 heteroatoms. The topological polar surface area (TPSA) is 97.8 Å². The van der Waals surface area contributed by atoms with Crippen molar-refractivity contribution in [2.45, 2.75) is 20.0 Å². The Labute approximate surface area is 212 Å². The van der Waals surface area contributed by atoms with Gasteiger partial charge in [-0.3, -0.25) is 10.3 Å². The monoisotopic (exact) mass is 497 g/mol. The third-order valence-corrected chi connectivity index (χ3v) is 5.78. The number of hydrogen-bond donors (Lipinski definition) is 1. The minimum Gasteiger partial charge on any atom is -0.476 e. The molecule has 0 atom stereocenters. The summed E-state index contributed by atoms with van der Waals surface area (Å²) in [6.45, 7) is 11.4. The predicted octanol–water partition coefficient (Wildman–Crippen LogP) is 2.64. The van der Waals surface area contributed by atoms with Gasteiger partial charge in [0.25, 0.3) is 0 Å². The molecule has 0 unspecified atom stereocenters. The Bertz CT molecular complexity index is 1020. The van der Waals surface area contributed by atoms with E-state index in [1.807, 2.05) is 32.0 Å². The van der Waals surface area contributed by atoms with Gasteiger partial charge in [0, 0.05) is 50.5 Å². The van der Waals surface area contributed by atoms with Crippen molar-refractivity contribution in [1.29, 1.82) is 0 Å². The number of hydrazone groups is 1. The minimum atomic E-state index is -0.355. The van der Waals surface area contributed by atoms with E-state index in [0.717, 1.165) is 57.2 Å². The van der Waals surface area contributed by atoms with Crippen LogP contribution in [0.4, 0.5) is 11.5 Å². The van der Waals surface area contributed by atoms with Crippen molar-refractivity contribution in [2.75, 3.05) is 76.1 Å². The first-order chi connectivity index (χ1) is 17.6. The lowest BCUT2D eigenvalue weighted by atomic mass is 10.1. The van der Waals surface area contributed by atoms with Crippen LogP contribution in [-0.2, 0) is 14.2 Å². The van der Waals surface area contributed by atoms with E-state index in [9.17, 15) is 4.79 Å². The summed E-state index contributed by atoms with van der Waals surface area (Å²) in [7, 11) is 0. The molecule has 0 spiro atoms. The third-order valence-electron chi connectivity index (χ3n) is 5.78. The van der Waals surface area contributed by atoms with Gasteiger partial charge in [-0.25, -0.2) is 4.79 Å². The van der Waals surface area contributed by atoms with E-state index in [-0.39, 0.29) is 12.1 Å². The van der Waals surface area contributed by atoms with Crippen molar-refractivity contribution in [1.82, 2.24) is 9.88 Å². The molecule has 2 saturated heterocycles. The highest BCUT2D eigenvalue weighted by atomic mass is 16.5. The van der Waals surface area contributed by atoms with E-state index in [0.29, 0.717) is 37.1 Å². The highest BCUT2D eigenvalue weighted by Gasteiger charge is 2.15. The standard InChI is InChI=1S/C26H35N5O5/c1-20(2)36-26(32)22-5-3-4-21(16-22)19-27-29-24-17-23(31-9-13-34-14-10-31)18-25(28-24)35-15-8-30-6-11-33-12-7-30/h3-5,16-20H,6-15H2,1-2H3,(H,28,29)/b27-19+. The Kier molecular flexibility index (Phi) is 9.48. The molecule has 36 heavy (non-hydrogen) atoms. The van der Waals surface area contributed by atoms with E-state index in [4.69, 9.17) is 18.9 Å². The molecular formula is C26H35N5O5. The van der Waals surface area contributed by atoms with Crippen LogP contribution < -0.4 is 15.1 Å². The molecule has 0 aliphatic carbocycles. The number of ether oxygens (including phenoxy) is 4. The summed E-state index contributed by atoms with van der Waals surface area (Å²) >= 11 is 0. The molecule has 0 amide bonds. The fraction of sp³-hybridized carbons (Fsp3) is 0.500. The predicted molar refractivity (Wildman–Crippen MR) is 138 cm³/mol. The number of nitrogens with one attached hydrogen (secondary N) is 1. The lowest BCUT2D eigenvalue weighted by molar-refractivity contribution is 0.0320. The second-order valence-electron chi connectivity index (χ2n) is 8.90. The number of morpholine rings is 2. The summed E-state index contributed by atoms with van der Waals surface area (Å²) in [5.74, 6) is 0.766. The van der Waals surface area contributed by atoms with Gasteiger partial charge in [-0.15, -0.1) is 0 Å². The highest BCUT2D eigenvalue weighted by Crippen LogP contribution is 2.25. The van der Waals surface area contributed by atoms with E-state index < -0.39 is 0 Å². The zero-order valence-electron chi connectivity index (χ0n) is 21.0. The largest absolute Gasteiger partial charge is 0.476 e. The zero-order valence-corrected chi connectivity index (χ0v) is 21.0. The summed E-state index contributed by atoms with van der Waals surface area (Å²) < 4.78 is 22.2. The molecule has 0 bridgehead atoms. The molecule has 1 N–H and O–H groups in total. The first kappa shape index (κ1) is 25.9. The molecule has 2 fully saturated rings. The summed E-state index contributed by atoms with van der Waals surface area (Å²) in [6.07, 6.45) is 1.47. The zero-order chi connectivity index (χ0) is 25.2. The van der Waals surface area contributed by atoms with Gasteiger partial charge in [0.2, 0.25) is 5.88 Å². The van der Waals surface area contributed by atoms with E-state index in [1.54, 1.807) is 24.4 Å². The second kappa shape index (κ2) is 13.2. The molecule has 3 heterocycles. The number of aromatic nitrogens is 1. The van der Waals surface area contributed by atoms with Crippen molar-refractivity contribution in [3.05, 3.63) is 47.5 Å². The van der Waals surface area contributed by atoms with Gasteiger partial charge in [-0.05, 0) is 31.5 Å². The normalized spacial score (nSPS) is 16.9. The molecular weight excluding hydrogens is 462 g/mol. The fourth-order valence-corrected chi connectivity index (χ4v) is 3.93. The Morgan fingerprint density at radius 3 is 2.61 bits per heavy atom. The number of benzene rings is 1. The number of carbonyl (C=O) groups is 1. The molecule has 10 nitrogen and oxygen atoms in total. The Hall–Kier alpha value is -3.21. The minimum absolute atomic E-state index is 0.174. The number of carbonyl (C=O) groups excluding carboxylic acids is 1. The summed E-state index contributed by atoms with van der Waals surface area (Å²) in [5.41, 5.74) is 5.27. The molecule has 0 saturated carbocycles. The lowest BCUT2D eigenvalue weighted by Gasteiger charge is -2.29. The van der Waals surface area contributed by atoms with Crippen molar-refractivity contribution in [3.63, 3.8) is 0 Å². The van der Waals surface area contributed by atoms with Gasteiger partial charge in [-0.1, -0.05) is 12.1 Å². The maximum atomic E-state index is 12.2. The van der Waals surface area contributed by atoms with Gasteiger partial charge >= 0.3 is 5.97 Å². The van der Waals surface area contributed by atoms with Crippen LogP contribution in [0.15, 0.2) is 41.5 Å². The quantitative estimate of drug-likeness (QED) is 0.302. The number of hydrogen-bond acceptors (Lipinski definition) is 10. The third kappa shape index (κ3) is 7.91. The molecule has 1 aromatic heterocycles. The van der Waals surface area contributed by atoms with Crippen LogP contribution in [-0.4, -0.2) is 93.9 Å². The van der Waals surface area contributed by atoms with E-state index >= 15 is 0 Å². The number of pyridine rings is 1. The van der Waals surface area contributed by atoms with Crippen LogP contribution in [0.2, 0.25) is 0 Å². The lowest BCUT2D eigenvalue weighted by Crippen LogP contribution is -2.38. The molecule has 2 aliphatic heterocycles. The van der Waals surface area contributed by atoms with E-state index in [2.05, 4.69) is 25.3 Å². The first-order valence-corrected chi connectivity index (χ1v) is 12.4. The summed E-state index contributed by atoms with van der Waals surface area (Å²) in [4.78, 5) is 21.4. The van der Waals surface area contributed by atoms with Gasteiger partial charge in [0.1, 0.15) is 6.61 Å². The van der Waals surface area contributed by atoms with Crippen molar-refractivity contribution < 1.29 is 23.7 Å². The Morgan fingerprint density at radius 2 is 1.86 bits per heavy atom. The summed E-state index contributed by atoms with van der Waals surface area (Å²) in [6, 6.07) is 11.1. The van der Waals surface area contributed by atoms with Crippen molar-refractivity contribution in [2.24, 2.45) is 5.10 Å². The number of rotatable bonds is 10. The van der Waals surface area contributed by atoms with Crippen LogP contribution >= 0.6 is 0 Å². The second-order valence-corrected chi connectivity index (χ2v) is 8.90. The van der Waals surface area contributed by atoms with Crippen LogP contribution in [0.5, 0.6) is 5.88 Å². The Morgan fingerprint density at radius 1 is 1.11 bits per heavy atom. The molecule has 2 aromatic rings. The highest BCUT2D eigenvalue weighted by molar-refractivity contribution is 5.92. The van der Waals surface area contributed by atoms with Gasteiger partial charge in [0.15, 0.2) is 5.82 Å². The SMILES string of the molecule is CC(C)OC(=O)c1cccc(/C=N/Nc2cc(N3CCOCC3)cc(OCCN3CCOCC3)n2)c1. The number of esters is 1. The van der Waals surface area contributed by atoms with E-state index in [1.165, 1.54) is 0 Å². The molecule has 1 aromatic carbocycles. The molecule has 2 aliphatic rings. The maximum absolute atomic E-state index is 12.2. The molecule has 0 radical (unpaired) electrons. The average Bonchev–Trinajstić information content (AvgIpc) is 2.89. The van der Waals surface area contributed by atoms with Crippen LogP contribution in [0.1, 0.15) is 29.8 Å². The van der Waals surface area contributed by atoms with Gasteiger partial charge < -0.3 is 23.8 Å². The molecule has 4 rings (SSSR count). The average molecular weight is 498 g/mol. The number of anilines is 2. The van der Waals surface area contributed by atoms with Crippen LogP contribution in [0.3, 0.4) is 0 Å². The number of nitrogens with zero attached hydrogens (tertiary/aromatic N) is 4. The van der Waals surface area contributed by atoms with Crippen molar-refractivity contribution >= 4 is 23.7 Å². The van der Waals surface area contributed by atoms with Gasteiger partial charge in [-0.2, -0.15) is 10.1 Å². The Balaban J connectivity index is 1.42. The van der Waals surface area contributed by atoms with Crippen LogP contribution in [0.25, 0.3) is 0 Å². The van der Waals surface area contributed by atoms with Crippen molar-refractivity contribution in [3.8, 4) is 5.88 Å². The van der Waals surface area contributed by atoms with Crippen LogP contribution in [0, 0.1) is 0 Å².